The molecule has 0 radical (unpaired) electrons. The highest BCUT2D eigenvalue weighted by atomic mass is 32.2. The quantitative estimate of drug-likeness (QED) is 0.576. The minimum atomic E-state index is -3.40. The average Bonchev–Trinajstić information content (AvgIpc) is 2.14. The van der Waals surface area contributed by atoms with Crippen molar-refractivity contribution in [2.75, 3.05) is 17.1 Å². The molecule has 0 saturated heterocycles. The highest BCUT2D eigenvalue weighted by molar-refractivity contribution is 7.92. The SMILES string of the molecule is CS(=O)(=O)N(CC(=N)N)c1ccccc1. The number of hydrogen-bond acceptors (Lipinski definition) is 3. The lowest BCUT2D eigenvalue weighted by molar-refractivity contribution is 0.599. The van der Waals surface area contributed by atoms with Gasteiger partial charge < -0.3 is 5.73 Å². The Morgan fingerprint density at radius 1 is 1.40 bits per heavy atom. The van der Waals surface area contributed by atoms with Crippen molar-refractivity contribution >= 4 is 21.5 Å². The van der Waals surface area contributed by atoms with Gasteiger partial charge in [-0.1, -0.05) is 18.2 Å². The molecule has 15 heavy (non-hydrogen) atoms. The van der Waals surface area contributed by atoms with E-state index in [1.165, 1.54) is 0 Å². The molecule has 6 heteroatoms. The molecule has 0 saturated carbocycles. The molecule has 0 heterocycles. The maximum absolute atomic E-state index is 11.4. The van der Waals surface area contributed by atoms with Crippen LogP contribution in [0.2, 0.25) is 0 Å². The van der Waals surface area contributed by atoms with Crippen LogP contribution in [0.25, 0.3) is 0 Å². The minimum Gasteiger partial charge on any atom is -0.386 e. The van der Waals surface area contributed by atoms with Crippen molar-refractivity contribution in [2.24, 2.45) is 5.73 Å². The van der Waals surface area contributed by atoms with Gasteiger partial charge in [-0.2, -0.15) is 0 Å². The van der Waals surface area contributed by atoms with Gasteiger partial charge in [-0.25, -0.2) is 8.42 Å². The van der Waals surface area contributed by atoms with Gasteiger partial charge in [0.05, 0.1) is 18.5 Å². The van der Waals surface area contributed by atoms with E-state index in [0.29, 0.717) is 5.69 Å². The van der Waals surface area contributed by atoms with Crippen molar-refractivity contribution in [1.29, 1.82) is 5.41 Å². The maximum atomic E-state index is 11.4. The standard InChI is InChI=1S/C9H13N3O2S/c1-15(13,14)12(7-9(10)11)8-5-3-2-4-6-8/h2-6H,7H2,1H3,(H3,10,11). The average molecular weight is 227 g/mol. The summed E-state index contributed by atoms with van der Waals surface area (Å²) in [5.74, 6) is -0.190. The Balaban J connectivity index is 3.08. The second kappa shape index (κ2) is 4.31. The zero-order valence-electron chi connectivity index (χ0n) is 8.34. The molecule has 0 fully saturated rings. The van der Waals surface area contributed by atoms with E-state index in [0.717, 1.165) is 10.6 Å². The molecule has 1 rings (SSSR count). The van der Waals surface area contributed by atoms with Crippen LogP contribution in [-0.4, -0.2) is 27.1 Å². The van der Waals surface area contributed by atoms with Crippen molar-refractivity contribution in [2.45, 2.75) is 0 Å². The second-order valence-electron chi connectivity index (χ2n) is 3.13. The molecule has 0 atom stereocenters. The number of rotatable bonds is 4. The van der Waals surface area contributed by atoms with Crippen molar-refractivity contribution in [3.63, 3.8) is 0 Å². The number of benzene rings is 1. The van der Waals surface area contributed by atoms with Crippen LogP contribution in [0.15, 0.2) is 30.3 Å². The molecule has 0 bridgehead atoms. The molecule has 3 N–H and O–H groups in total. The fraction of sp³-hybridized carbons (Fsp3) is 0.222. The summed E-state index contributed by atoms with van der Waals surface area (Å²) in [4.78, 5) is 0. The van der Waals surface area contributed by atoms with E-state index in [9.17, 15) is 8.42 Å². The summed E-state index contributed by atoms with van der Waals surface area (Å²) < 4.78 is 24.0. The molecule has 0 unspecified atom stereocenters. The van der Waals surface area contributed by atoms with Crippen LogP contribution in [0, 0.1) is 5.41 Å². The Bertz CT molecular complexity index is 442. The largest absolute Gasteiger partial charge is 0.386 e. The normalized spacial score (nSPS) is 11.0. The Kier molecular flexibility index (Phi) is 3.31. The van der Waals surface area contributed by atoms with Crippen LogP contribution >= 0.6 is 0 Å². The predicted molar refractivity (Wildman–Crippen MR) is 60.5 cm³/mol. The first-order chi connectivity index (χ1) is 6.91. The predicted octanol–water partition coefficient (Wildman–Crippen LogP) is 0.389. The fourth-order valence-corrected chi connectivity index (χ4v) is 2.03. The first-order valence-electron chi connectivity index (χ1n) is 4.27. The van der Waals surface area contributed by atoms with E-state index < -0.39 is 10.0 Å². The second-order valence-corrected chi connectivity index (χ2v) is 5.04. The van der Waals surface area contributed by atoms with Gasteiger partial charge in [0.2, 0.25) is 10.0 Å². The summed E-state index contributed by atoms with van der Waals surface area (Å²) >= 11 is 0. The third kappa shape index (κ3) is 3.25. The molecule has 0 aliphatic carbocycles. The monoisotopic (exact) mass is 227 g/mol. The van der Waals surface area contributed by atoms with Crippen LogP contribution in [-0.2, 0) is 10.0 Å². The van der Waals surface area contributed by atoms with E-state index in [2.05, 4.69) is 0 Å². The van der Waals surface area contributed by atoms with Gasteiger partial charge in [0.15, 0.2) is 0 Å². The minimum absolute atomic E-state index is 0.122. The lowest BCUT2D eigenvalue weighted by Gasteiger charge is -2.21. The summed E-state index contributed by atoms with van der Waals surface area (Å²) in [6.07, 6.45) is 1.09. The zero-order chi connectivity index (χ0) is 11.5. The Morgan fingerprint density at radius 2 is 1.93 bits per heavy atom. The highest BCUT2D eigenvalue weighted by Crippen LogP contribution is 2.15. The summed E-state index contributed by atoms with van der Waals surface area (Å²) in [6, 6.07) is 8.56. The summed E-state index contributed by atoms with van der Waals surface area (Å²) in [7, 11) is -3.40. The molecule has 1 aromatic carbocycles. The van der Waals surface area contributed by atoms with E-state index in [-0.39, 0.29) is 12.4 Å². The molecule has 5 nitrogen and oxygen atoms in total. The molecular formula is C9H13N3O2S. The number of nitrogens with two attached hydrogens (primary N) is 1. The third-order valence-corrected chi connectivity index (χ3v) is 2.90. The van der Waals surface area contributed by atoms with Crippen LogP contribution in [0.5, 0.6) is 0 Å². The maximum Gasteiger partial charge on any atom is 0.232 e. The summed E-state index contributed by atoms with van der Waals surface area (Å²) in [6.45, 7) is -0.122. The van der Waals surface area contributed by atoms with Gasteiger partial charge in [-0.15, -0.1) is 0 Å². The first-order valence-corrected chi connectivity index (χ1v) is 6.12. The van der Waals surface area contributed by atoms with E-state index in [4.69, 9.17) is 11.1 Å². The van der Waals surface area contributed by atoms with E-state index >= 15 is 0 Å². The summed E-state index contributed by atoms with van der Waals surface area (Å²) in [5, 5.41) is 7.13. The van der Waals surface area contributed by atoms with Gasteiger partial charge in [0.25, 0.3) is 0 Å². The van der Waals surface area contributed by atoms with E-state index in [1.807, 2.05) is 0 Å². The lowest BCUT2D eigenvalue weighted by Crippen LogP contribution is -2.37. The molecule has 82 valence electrons. The zero-order valence-corrected chi connectivity index (χ0v) is 9.16. The number of nitrogens with one attached hydrogen (secondary N) is 1. The van der Waals surface area contributed by atoms with Crippen molar-refractivity contribution in [3.8, 4) is 0 Å². The Morgan fingerprint density at radius 3 is 2.33 bits per heavy atom. The lowest BCUT2D eigenvalue weighted by atomic mass is 10.3. The van der Waals surface area contributed by atoms with Crippen molar-refractivity contribution in [1.82, 2.24) is 0 Å². The van der Waals surface area contributed by atoms with Gasteiger partial charge in [0, 0.05) is 0 Å². The summed E-state index contributed by atoms with van der Waals surface area (Å²) in [5.41, 5.74) is 5.71. The van der Waals surface area contributed by atoms with Gasteiger partial charge in [0.1, 0.15) is 5.84 Å². The van der Waals surface area contributed by atoms with E-state index in [1.54, 1.807) is 30.3 Å². The molecule has 1 aromatic rings. The molecule has 0 amide bonds. The van der Waals surface area contributed by atoms with Crippen LogP contribution < -0.4 is 10.0 Å². The number of amidine groups is 1. The molecule has 0 aliphatic rings. The number of nitrogens with zero attached hydrogens (tertiary/aromatic N) is 1. The van der Waals surface area contributed by atoms with Crippen molar-refractivity contribution < 1.29 is 8.42 Å². The Labute approximate surface area is 89.1 Å². The molecule has 0 aliphatic heterocycles. The number of hydrogen-bond donors (Lipinski definition) is 2. The van der Waals surface area contributed by atoms with Crippen LogP contribution in [0.4, 0.5) is 5.69 Å². The number of sulfonamides is 1. The van der Waals surface area contributed by atoms with Gasteiger partial charge in [-0.3, -0.25) is 9.71 Å². The third-order valence-electron chi connectivity index (χ3n) is 1.76. The fourth-order valence-electron chi connectivity index (χ4n) is 1.15. The topological polar surface area (TPSA) is 87.2 Å². The van der Waals surface area contributed by atoms with Gasteiger partial charge in [-0.05, 0) is 12.1 Å². The smallest absolute Gasteiger partial charge is 0.232 e. The highest BCUT2D eigenvalue weighted by Gasteiger charge is 2.17. The van der Waals surface area contributed by atoms with Crippen molar-refractivity contribution in [3.05, 3.63) is 30.3 Å². The molecule has 0 aromatic heterocycles. The molecular weight excluding hydrogens is 214 g/mol. The molecule has 0 spiro atoms. The van der Waals surface area contributed by atoms with Crippen LogP contribution in [0.3, 0.4) is 0 Å². The Hall–Kier alpha value is -1.56. The number of anilines is 1. The first kappa shape index (κ1) is 11.5. The number of para-hydroxylation sites is 1. The van der Waals surface area contributed by atoms with Crippen LogP contribution in [0.1, 0.15) is 0 Å². The van der Waals surface area contributed by atoms with Gasteiger partial charge >= 0.3 is 0 Å².